The van der Waals surface area contributed by atoms with Gasteiger partial charge in [0.2, 0.25) is 17.7 Å². The topological polar surface area (TPSA) is 128 Å². The molecule has 0 radical (unpaired) electrons. The summed E-state index contributed by atoms with van der Waals surface area (Å²) in [6.07, 6.45) is 4.01. The molecule has 244 valence electrons. The number of carbonyl (C=O) groups is 3. The number of rotatable bonds is 9. The first-order valence-electron chi connectivity index (χ1n) is 16.2. The van der Waals surface area contributed by atoms with E-state index >= 15 is 8.78 Å². The first kappa shape index (κ1) is 31.8. The van der Waals surface area contributed by atoms with Gasteiger partial charge in [0.15, 0.2) is 0 Å². The Hall–Kier alpha value is -4.19. The Bertz CT molecular complexity index is 1660. The van der Waals surface area contributed by atoms with Crippen LogP contribution in [0, 0.1) is 5.82 Å². The molecule has 3 saturated heterocycles. The molecule has 3 fully saturated rings. The van der Waals surface area contributed by atoms with Crippen LogP contribution in [0.25, 0.3) is 10.9 Å². The summed E-state index contributed by atoms with van der Waals surface area (Å²) < 4.78 is 30.7. The lowest BCUT2D eigenvalue weighted by Gasteiger charge is -2.38. The fourth-order valence-corrected chi connectivity index (χ4v) is 6.91. The summed E-state index contributed by atoms with van der Waals surface area (Å²) in [5, 5.41) is 5.85. The third-order valence-corrected chi connectivity index (χ3v) is 9.68. The first-order chi connectivity index (χ1) is 22.2. The largest absolute Gasteiger partial charge is 0.374 e. The van der Waals surface area contributed by atoms with Crippen LogP contribution in [0.2, 0.25) is 0 Å². The molecule has 3 N–H and O–H groups in total. The molecule has 10 nitrogen and oxygen atoms in total. The van der Waals surface area contributed by atoms with E-state index < -0.39 is 17.6 Å². The number of H-pyrrole nitrogens is 1. The second-order valence-corrected chi connectivity index (χ2v) is 12.8. The average Bonchev–Trinajstić information content (AvgIpc) is 3.03. The van der Waals surface area contributed by atoms with Crippen LogP contribution < -0.4 is 16.2 Å². The summed E-state index contributed by atoms with van der Waals surface area (Å²) >= 11 is 0. The number of aromatic amines is 1. The highest BCUT2D eigenvalue weighted by atomic mass is 19.1. The van der Waals surface area contributed by atoms with Gasteiger partial charge in [-0.25, -0.2) is 13.8 Å². The van der Waals surface area contributed by atoms with Crippen LogP contribution in [0.4, 0.5) is 14.5 Å². The van der Waals surface area contributed by atoms with Crippen molar-refractivity contribution in [2.24, 2.45) is 0 Å². The lowest BCUT2D eigenvalue weighted by molar-refractivity contribution is -0.136. The minimum atomic E-state index is -1.34. The summed E-state index contributed by atoms with van der Waals surface area (Å²) in [6.45, 7) is 2.35. The second kappa shape index (κ2) is 13.7. The fraction of sp³-hybridized carbons (Fsp3) is 0.500. The van der Waals surface area contributed by atoms with Crippen molar-refractivity contribution in [3.63, 3.8) is 0 Å². The lowest BCUT2D eigenvalue weighted by Crippen LogP contribution is -2.49. The maximum absolute atomic E-state index is 15.6. The van der Waals surface area contributed by atoms with Crippen LogP contribution in [0.1, 0.15) is 68.7 Å². The van der Waals surface area contributed by atoms with Crippen molar-refractivity contribution < 1.29 is 23.2 Å². The predicted octanol–water partition coefficient (Wildman–Crippen LogP) is 3.81. The number of piperidine rings is 3. The predicted molar refractivity (Wildman–Crippen MR) is 170 cm³/mol. The molecule has 6 rings (SSSR count). The zero-order valence-corrected chi connectivity index (χ0v) is 25.8. The number of aryl methyl sites for hydroxylation is 1. The van der Waals surface area contributed by atoms with E-state index in [-0.39, 0.29) is 54.9 Å². The van der Waals surface area contributed by atoms with E-state index in [4.69, 9.17) is 0 Å². The van der Waals surface area contributed by atoms with Gasteiger partial charge in [0, 0.05) is 31.6 Å². The maximum atomic E-state index is 15.6. The lowest BCUT2D eigenvalue weighted by atomic mass is 9.88. The number of benzene rings is 2. The van der Waals surface area contributed by atoms with Crippen LogP contribution in [0.3, 0.4) is 0 Å². The molecule has 1 aromatic heterocycles. The molecular weight excluding hydrogens is 594 g/mol. The number of alkyl halides is 1. The van der Waals surface area contributed by atoms with Crippen molar-refractivity contribution in [1.82, 2.24) is 25.1 Å². The van der Waals surface area contributed by atoms with E-state index in [1.165, 1.54) is 6.07 Å². The molecule has 2 aromatic carbocycles. The molecule has 0 saturated carbocycles. The number of likely N-dealkylation sites (tertiary alicyclic amines) is 2. The zero-order chi connectivity index (χ0) is 32.3. The second-order valence-electron chi connectivity index (χ2n) is 12.8. The van der Waals surface area contributed by atoms with Crippen LogP contribution in [0.15, 0.2) is 47.3 Å². The average molecular weight is 635 g/mol. The van der Waals surface area contributed by atoms with Gasteiger partial charge in [0.25, 0.3) is 5.56 Å². The number of nitrogens with zero attached hydrogens (tertiary/aromatic N) is 3. The Morgan fingerprint density at radius 2 is 1.78 bits per heavy atom. The van der Waals surface area contributed by atoms with Crippen molar-refractivity contribution >= 4 is 34.3 Å². The van der Waals surface area contributed by atoms with Gasteiger partial charge in [0.05, 0.1) is 17.4 Å². The highest BCUT2D eigenvalue weighted by Gasteiger charge is 2.36. The van der Waals surface area contributed by atoms with Gasteiger partial charge in [-0.05, 0) is 93.8 Å². The number of anilines is 1. The van der Waals surface area contributed by atoms with Crippen molar-refractivity contribution in [1.29, 1.82) is 0 Å². The highest BCUT2D eigenvalue weighted by Crippen LogP contribution is 2.33. The van der Waals surface area contributed by atoms with Gasteiger partial charge in [0.1, 0.15) is 23.4 Å². The van der Waals surface area contributed by atoms with Crippen LogP contribution in [0.5, 0.6) is 0 Å². The normalized spacial score (nSPS) is 20.9. The molecule has 3 aromatic rings. The quantitative estimate of drug-likeness (QED) is 0.306. The van der Waals surface area contributed by atoms with Gasteiger partial charge in [-0.15, -0.1) is 0 Å². The third kappa shape index (κ3) is 7.43. The number of halogens is 2. The van der Waals surface area contributed by atoms with Crippen LogP contribution in [-0.2, 0) is 20.8 Å². The number of imide groups is 1. The summed E-state index contributed by atoms with van der Waals surface area (Å²) in [7, 11) is 0. The Morgan fingerprint density at radius 3 is 2.52 bits per heavy atom. The SMILES string of the molecule is O=C1CCC(Nc2ccc(C3CCN(CC(=O)N4CCC(F)(CCCc5nc6ccccc6c(=O)[nH]5)CC4)CC3)c(F)c2)C(=O)N1. The minimum Gasteiger partial charge on any atom is -0.374 e. The van der Waals surface area contributed by atoms with Gasteiger partial charge in [-0.1, -0.05) is 18.2 Å². The van der Waals surface area contributed by atoms with Gasteiger partial charge in [-0.2, -0.15) is 0 Å². The maximum Gasteiger partial charge on any atom is 0.258 e. The molecule has 0 bridgehead atoms. The molecule has 3 aliphatic heterocycles. The van der Waals surface area contributed by atoms with Crippen molar-refractivity contribution in [2.75, 3.05) is 38.0 Å². The molecule has 3 aliphatic rings. The Kier molecular flexibility index (Phi) is 9.44. The smallest absolute Gasteiger partial charge is 0.258 e. The van der Waals surface area contributed by atoms with Crippen molar-refractivity contribution in [2.45, 2.75) is 75.4 Å². The minimum absolute atomic E-state index is 0.00602. The van der Waals surface area contributed by atoms with Crippen LogP contribution in [-0.4, -0.2) is 81.9 Å². The molecule has 46 heavy (non-hydrogen) atoms. The Labute approximate surface area is 265 Å². The van der Waals surface area contributed by atoms with E-state index in [1.54, 1.807) is 35.2 Å². The van der Waals surface area contributed by atoms with E-state index in [2.05, 4.69) is 25.5 Å². The van der Waals surface area contributed by atoms with Gasteiger partial charge in [-0.3, -0.25) is 29.4 Å². The van der Waals surface area contributed by atoms with E-state index in [0.29, 0.717) is 79.8 Å². The van der Waals surface area contributed by atoms with Crippen molar-refractivity contribution in [3.8, 4) is 0 Å². The summed E-state index contributed by atoms with van der Waals surface area (Å²) in [5.74, 6) is -0.452. The zero-order valence-electron chi connectivity index (χ0n) is 25.8. The summed E-state index contributed by atoms with van der Waals surface area (Å²) in [6, 6.07) is 11.5. The third-order valence-electron chi connectivity index (χ3n) is 9.68. The Balaban J connectivity index is 0.922. The van der Waals surface area contributed by atoms with E-state index in [1.807, 2.05) is 6.07 Å². The molecule has 1 unspecified atom stereocenters. The van der Waals surface area contributed by atoms with Crippen molar-refractivity contribution in [3.05, 3.63) is 70.0 Å². The van der Waals surface area contributed by atoms with Crippen LogP contribution >= 0.6 is 0 Å². The summed E-state index contributed by atoms with van der Waals surface area (Å²) in [4.78, 5) is 59.9. The molecule has 3 amide bonds. The fourth-order valence-electron chi connectivity index (χ4n) is 6.91. The number of amides is 3. The monoisotopic (exact) mass is 634 g/mol. The number of para-hydroxylation sites is 1. The molecule has 0 aliphatic carbocycles. The molecular formula is C34H40F2N6O4. The number of hydrogen-bond acceptors (Lipinski definition) is 7. The number of fused-ring (bicyclic) bond motifs is 1. The summed E-state index contributed by atoms with van der Waals surface area (Å²) in [5.41, 5.74) is 0.223. The van der Waals surface area contributed by atoms with Gasteiger partial charge >= 0.3 is 0 Å². The number of aromatic nitrogens is 2. The number of hydrogen-bond donors (Lipinski definition) is 3. The first-order valence-corrected chi connectivity index (χ1v) is 16.2. The standard InChI is InChI=1S/C34H40F2N6O4/c35-26-20-23(37-28-9-10-30(43)40-33(28)46)7-8-24(26)22-11-16-41(17-12-22)21-31(44)42-18-14-34(36,15-19-42)13-3-6-29-38-27-5-2-1-4-25(27)32(45)39-29/h1-2,4-5,7-8,20,22,28,37H,3,6,9-19,21H2,(H,38,39,45)(H,40,43,46). The Morgan fingerprint density at radius 1 is 1.02 bits per heavy atom. The molecule has 12 heteroatoms. The molecule has 0 spiro atoms. The highest BCUT2D eigenvalue weighted by molar-refractivity contribution is 6.01. The number of carbonyl (C=O) groups excluding carboxylic acids is 3. The number of nitrogens with one attached hydrogen (secondary N) is 3. The molecule has 1 atom stereocenters. The van der Waals surface area contributed by atoms with E-state index in [0.717, 1.165) is 12.8 Å². The van der Waals surface area contributed by atoms with Gasteiger partial charge < -0.3 is 15.2 Å². The van der Waals surface area contributed by atoms with E-state index in [9.17, 15) is 19.2 Å². The molecule has 4 heterocycles.